The van der Waals surface area contributed by atoms with Gasteiger partial charge in [-0.05, 0) is 20.8 Å². The highest BCUT2D eigenvalue weighted by atomic mass is 16.6. The quantitative estimate of drug-likeness (QED) is 0.729. The number of hydrogen-bond donors (Lipinski definition) is 2. The van der Waals surface area contributed by atoms with E-state index in [1.54, 1.807) is 26.1 Å². The van der Waals surface area contributed by atoms with E-state index in [2.05, 4.69) is 4.74 Å². The smallest absolute Gasteiger partial charge is 0.408 e. The van der Waals surface area contributed by atoms with E-state index in [1.807, 2.05) is 0 Å². The van der Waals surface area contributed by atoms with Crippen LogP contribution in [-0.4, -0.2) is 42.4 Å². The highest BCUT2D eigenvalue weighted by molar-refractivity contribution is 5.80. The van der Waals surface area contributed by atoms with Crippen LogP contribution in [0.3, 0.4) is 0 Å². The van der Waals surface area contributed by atoms with Gasteiger partial charge in [0.05, 0.1) is 12.1 Å². The molecule has 0 aromatic heterocycles. The lowest BCUT2D eigenvalue weighted by atomic mass is 10.2. The van der Waals surface area contributed by atoms with Gasteiger partial charge < -0.3 is 19.9 Å². The topological polar surface area (TPSA) is 84.9 Å². The van der Waals surface area contributed by atoms with Crippen molar-refractivity contribution >= 4 is 12.1 Å². The fourth-order valence-electron chi connectivity index (χ4n) is 0.650. The fraction of sp³-hybridized carbons (Fsp3) is 0.778. The second-order valence-electron chi connectivity index (χ2n) is 3.70. The Balaban J connectivity index is 4.73. The molecular weight excluding hydrogens is 202 g/mol. The maximum absolute atomic E-state index is 11.4. The Morgan fingerprint density at radius 2 is 2.20 bits per heavy atom. The average molecular weight is 223 g/mol. The molecule has 0 spiro atoms. The van der Waals surface area contributed by atoms with E-state index in [1.165, 1.54) is 0 Å². The van der Waals surface area contributed by atoms with Crippen molar-refractivity contribution < 1.29 is 29.7 Å². The minimum atomic E-state index is -2.86. The van der Waals surface area contributed by atoms with Crippen LogP contribution < -0.4 is 5.32 Å². The molecule has 1 atom stereocenters. The van der Waals surface area contributed by atoms with Gasteiger partial charge in [0.25, 0.3) is 0 Å². The molecule has 0 aliphatic carbocycles. The number of ether oxygens (including phenoxy) is 2. The zero-order valence-electron chi connectivity index (χ0n) is 12.8. The van der Waals surface area contributed by atoms with Crippen molar-refractivity contribution in [3.8, 4) is 0 Å². The van der Waals surface area contributed by atoms with Crippen molar-refractivity contribution in [2.75, 3.05) is 13.6 Å². The summed E-state index contributed by atoms with van der Waals surface area (Å²) in [6, 6.07) is -2.64. The minimum Gasteiger partial charge on any atom is -0.480 e. The fourth-order valence-corrected chi connectivity index (χ4v) is 0.650. The van der Waals surface area contributed by atoms with Gasteiger partial charge in [-0.2, -0.15) is 0 Å². The lowest BCUT2D eigenvalue weighted by molar-refractivity contribution is -0.140. The zero-order chi connectivity index (χ0) is 15.5. The number of alkyl carbamates (subject to hydrolysis) is 1. The second kappa shape index (κ2) is 5.55. The second-order valence-corrected chi connectivity index (χ2v) is 3.70. The lowest BCUT2D eigenvalue weighted by Crippen LogP contribution is -2.45. The SMILES string of the molecule is [2H]C([2H])([2H])OC[C@]([2H])(NC(=O)OC(C)(C)C)C(=O)O. The number of carboxylic acids is 1. The zero-order valence-corrected chi connectivity index (χ0v) is 8.79. The van der Waals surface area contributed by atoms with Gasteiger partial charge in [-0.25, -0.2) is 9.59 Å². The van der Waals surface area contributed by atoms with Gasteiger partial charge in [-0.1, -0.05) is 0 Å². The summed E-state index contributed by atoms with van der Waals surface area (Å²) in [5.74, 6) is -1.76. The Morgan fingerprint density at radius 3 is 2.60 bits per heavy atom. The van der Waals surface area contributed by atoms with Crippen LogP contribution in [-0.2, 0) is 14.3 Å². The van der Waals surface area contributed by atoms with E-state index in [0.29, 0.717) is 0 Å². The van der Waals surface area contributed by atoms with Gasteiger partial charge in [0, 0.05) is 7.04 Å². The summed E-state index contributed by atoms with van der Waals surface area (Å²) in [6.07, 6.45) is -1.15. The molecule has 6 heteroatoms. The first-order valence-electron chi connectivity index (χ1n) is 6.14. The molecule has 0 rings (SSSR count). The Hall–Kier alpha value is -1.30. The molecule has 6 nitrogen and oxygen atoms in total. The van der Waals surface area contributed by atoms with Gasteiger partial charge in [0.15, 0.2) is 6.02 Å². The predicted octanol–water partition coefficient (Wildman–Crippen LogP) is 0.611. The van der Waals surface area contributed by atoms with Crippen LogP contribution in [0.5, 0.6) is 0 Å². The predicted molar refractivity (Wildman–Crippen MR) is 52.7 cm³/mol. The number of nitrogens with one attached hydrogen (secondary N) is 1. The monoisotopic (exact) mass is 223 g/mol. The molecule has 0 saturated heterocycles. The van der Waals surface area contributed by atoms with Crippen LogP contribution in [0.2, 0.25) is 0 Å². The molecule has 88 valence electrons. The normalized spacial score (nSPS) is 19.9. The van der Waals surface area contributed by atoms with Crippen LogP contribution in [0.1, 0.15) is 26.3 Å². The molecule has 0 saturated carbocycles. The van der Waals surface area contributed by atoms with Crippen LogP contribution in [0.15, 0.2) is 0 Å². The summed E-state index contributed by atoms with van der Waals surface area (Å²) in [5, 5.41) is 10.6. The maximum atomic E-state index is 11.4. The summed E-state index contributed by atoms with van der Waals surface area (Å²) in [6.45, 7) is 3.62. The van der Waals surface area contributed by atoms with Crippen LogP contribution >= 0.6 is 0 Å². The number of methoxy groups -OCH3 is 1. The Morgan fingerprint density at radius 1 is 1.60 bits per heavy atom. The molecule has 0 aliphatic heterocycles. The first kappa shape index (κ1) is 7.92. The molecule has 0 bridgehead atoms. The molecule has 15 heavy (non-hydrogen) atoms. The molecule has 0 radical (unpaired) electrons. The van der Waals surface area contributed by atoms with Gasteiger partial charge in [-0.3, -0.25) is 0 Å². The number of rotatable bonds is 4. The van der Waals surface area contributed by atoms with Gasteiger partial charge >= 0.3 is 12.1 Å². The van der Waals surface area contributed by atoms with E-state index < -0.39 is 37.3 Å². The van der Waals surface area contributed by atoms with Crippen molar-refractivity contribution in [1.29, 1.82) is 0 Å². The molecule has 1 amide bonds. The standard InChI is InChI=1S/C9H17NO5/c1-9(2,3)15-8(13)10-6(5-14-4)7(11)12/h6H,5H2,1-4H3,(H,10,13)(H,11,12)/t6-/m0/s1/i4D3,6D. The van der Waals surface area contributed by atoms with E-state index >= 15 is 0 Å². The third-order valence-electron chi connectivity index (χ3n) is 1.13. The number of carboxylic acid groups (broad SMARTS) is 1. The molecule has 0 fully saturated rings. The Bertz CT molecular complexity index is 351. The molecule has 0 aromatic rings. The van der Waals surface area contributed by atoms with Crippen molar-refractivity contribution in [2.24, 2.45) is 0 Å². The average Bonchev–Trinajstić information content (AvgIpc) is 2.10. The molecule has 0 unspecified atom stereocenters. The van der Waals surface area contributed by atoms with Crippen molar-refractivity contribution in [2.45, 2.75) is 32.4 Å². The van der Waals surface area contributed by atoms with Crippen molar-refractivity contribution in [1.82, 2.24) is 5.32 Å². The largest absolute Gasteiger partial charge is 0.480 e. The van der Waals surface area contributed by atoms with Crippen LogP contribution in [0, 0.1) is 0 Å². The van der Waals surface area contributed by atoms with E-state index in [0.717, 1.165) is 0 Å². The minimum absolute atomic E-state index is 0.881. The number of aliphatic carboxylic acids is 1. The number of carbonyl (C=O) groups is 2. The maximum Gasteiger partial charge on any atom is 0.408 e. The first-order chi connectivity index (χ1) is 8.25. The Kier molecular flexibility index (Phi) is 2.93. The summed E-state index contributed by atoms with van der Waals surface area (Å²) in [5.41, 5.74) is -0.881. The summed E-state index contributed by atoms with van der Waals surface area (Å²) < 4.78 is 36.9. The van der Waals surface area contributed by atoms with Crippen molar-refractivity contribution in [3.63, 3.8) is 0 Å². The number of hydrogen-bond acceptors (Lipinski definition) is 4. The number of carbonyl (C=O) groups excluding carboxylic acids is 1. The molecule has 0 heterocycles. The van der Waals surface area contributed by atoms with Crippen LogP contribution in [0.25, 0.3) is 0 Å². The summed E-state index contributed by atoms with van der Waals surface area (Å²) >= 11 is 0. The first-order valence-corrected chi connectivity index (χ1v) is 4.14. The summed E-state index contributed by atoms with van der Waals surface area (Å²) in [4.78, 5) is 22.3. The molecule has 0 aromatic carbocycles. The molecular formula is C9H17NO5. The third-order valence-corrected chi connectivity index (χ3v) is 1.13. The highest BCUT2D eigenvalue weighted by Crippen LogP contribution is 2.06. The lowest BCUT2D eigenvalue weighted by Gasteiger charge is -2.21. The number of amides is 1. The molecule has 0 aliphatic rings. The van der Waals surface area contributed by atoms with Gasteiger partial charge in [0.1, 0.15) is 5.60 Å². The van der Waals surface area contributed by atoms with Gasteiger partial charge in [0.2, 0.25) is 0 Å². The van der Waals surface area contributed by atoms with E-state index in [9.17, 15) is 9.59 Å². The van der Waals surface area contributed by atoms with E-state index in [4.69, 9.17) is 15.3 Å². The third kappa shape index (κ3) is 6.73. The Labute approximate surface area is 94.2 Å². The van der Waals surface area contributed by atoms with Crippen LogP contribution in [0.4, 0.5) is 4.79 Å². The summed E-state index contributed by atoms with van der Waals surface area (Å²) in [7, 11) is -2.86. The highest BCUT2D eigenvalue weighted by Gasteiger charge is 2.23. The van der Waals surface area contributed by atoms with Crippen molar-refractivity contribution in [3.05, 3.63) is 0 Å². The van der Waals surface area contributed by atoms with E-state index in [-0.39, 0.29) is 0 Å². The van der Waals surface area contributed by atoms with Gasteiger partial charge in [-0.15, -0.1) is 0 Å². The molecule has 2 N–H and O–H groups in total.